The molecule has 4 heteroatoms. The maximum Gasteiger partial charge on any atom is 0.180 e. The van der Waals surface area contributed by atoms with Crippen LogP contribution >= 0.6 is 11.6 Å². The van der Waals surface area contributed by atoms with Crippen LogP contribution in [0.5, 0.6) is 0 Å². The first-order chi connectivity index (χ1) is 9.24. The van der Waals surface area contributed by atoms with Crippen LogP contribution in [0.15, 0.2) is 29.3 Å². The van der Waals surface area contributed by atoms with E-state index in [0.29, 0.717) is 10.9 Å². The summed E-state index contributed by atoms with van der Waals surface area (Å²) in [6.45, 7) is 4.40. The van der Waals surface area contributed by atoms with Crippen LogP contribution in [0.1, 0.15) is 45.1 Å². The second kappa shape index (κ2) is 6.92. The van der Waals surface area contributed by atoms with Crippen molar-refractivity contribution in [3.05, 3.63) is 34.9 Å². The molecule has 3 nitrogen and oxygen atoms in total. The SMILES string of the molecule is CCCCC(CC)C1N=C(c2cccc(Cl)c2)NO1. The number of amidine groups is 1. The topological polar surface area (TPSA) is 33.6 Å². The molecule has 1 aliphatic heterocycles. The lowest BCUT2D eigenvalue weighted by molar-refractivity contribution is -0.00290. The summed E-state index contributed by atoms with van der Waals surface area (Å²) in [6.07, 6.45) is 4.59. The van der Waals surface area contributed by atoms with Gasteiger partial charge in [-0.25, -0.2) is 15.3 Å². The van der Waals surface area contributed by atoms with Gasteiger partial charge in [0.1, 0.15) is 0 Å². The van der Waals surface area contributed by atoms with Gasteiger partial charge in [-0.05, 0) is 25.0 Å². The third kappa shape index (κ3) is 3.71. The average Bonchev–Trinajstić information content (AvgIpc) is 2.89. The van der Waals surface area contributed by atoms with Crippen molar-refractivity contribution >= 4 is 17.4 Å². The molecule has 2 atom stereocenters. The highest BCUT2D eigenvalue weighted by molar-refractivity contribution is 6.31. The molecule has 1 aromatic carbocycles. The van der Waals surface area contributed by atoms with Crippen LogP contribution in [0.2, 0.25) is 5.02 Å². The minimum Gasteiger partial charge on any atom is -0.247 e. The van der Waals surface area contributed by atoms with Crippen LogP contribution in [0.3, 0.4) is 0 Å². The van der Waals surface area contributed by atoms with Crippen molar-refractivity contribution in [2.24, 2.45) is 10.9 Å². The third-order valence-electron chi connectivity index (χ3n) is 3.49. The normalized spacial score (nSPS) is 19.9. The van der Waals surface area contributed by atoms with Crippen LogP contribution in [-0.4, -0.2) is 12.1 Å². The quantitative estimate of drug-likeness (QED) is 0.849. The van der Waals surface area contributed by atoms with Gasteiger partial charge in [-0.3, -0.25) is 0 Å². The van der Waals surface area contributed by atoms with Crippen molar-refractivity contribution in [2.75, 3.05) is 0 Å². The molecule has 0 saturated carbocycles. The first-order valence-electron chi connectivity index (χ1n) is 7.00. The maximum atomic E-state index is 5.99. The molecule has 0 aliphatic carbocycles. The Morgan fingerprint density at radius 2 is 2.26 bits per heavy atom. The molecule has 0 aromatic heterocycles. The maximum absolute atomic E-state index is 5.99. The highest BCUT2D eigenvalue weighted by Crippen LogP contribution is 2.23. The molecule has 2 rings (SSSR count). The number of hydroxylamine groups is 1. The second-order valence-electron chi connectivity index (χ2n) is 4.91. The zero-order valence-electron chi connectivity index (χ0n) is 11.5. The fraction of sp³-hybridized carbons (Fsp3) is 0.533. The van der Waals surface area contributed by atoms with Crippen molar-refractivity contribution < 1.29 is 4.84 Å². The zero-order valence-corrected chi connectivity index (χ0v) is 12.3. The van der Waals surface area contributed by atoms with E-state index < -0.39 is 0 Å². The minimum atomic E-state index is -0.0782. The Bertz CT molecular complexity index is 448. The predicted octanol–water partition coefficient (Wildman–Crippen LogP) is 4.16. The summed E-state index contributed by atoms with van der Waals surface area (Å²) in [6, 6.07) is 7.65. The van der Waals surface area contributed by atoms with Crippen molar-refractivity contribution in [1.82, 2.24) is 5.48 Å². The van der Waals surface area contributed by atoms with Crippen LogP contribution in [-0.2, 0) is 4.84 Å². The monoisotopic (exact) mass is 280 g/mol. The van der Waals surface area contributed by atoms with Gasteiger partial charge in [-0.2, -0.15) is 0 Å². The average molecular weight is 281 g/mol. The largest absolute Gasteiger partial charge is 0.247 e. The number of halogens is 1. The lowest BCUT2D eigenvalue weighted by Gasteiger charge is -2.17. The van der Waals surface area contributed by atoms with E-state index in [-0.39, 0.29) is 6.23 Å². The summed E-state index contributed by atoms with van der Waals surface area (Å²) in [5.74, 6) is 1.26. The van der Waals surface area contributed by atoms with E-state index in [4.69, 9.17) is 16.4 Å². The summed E-state index contributed by atoms with van der Waals surface area (Å²) in [5.41, 5.74) is 3.91. The molecule has 0 radical (unpaired) electrons. The molecule has 1 heterocycles. The minimum absolute atomic E-state index is 0.0782. The predicted molar refractivity (Wildman–Crippen MR) is 79.3 cm³/mol. The van der Waals surface area contributed by atoms with Crippen molar-refractivity contribution in [2.45, 2.75) is 45.8 Å². The molecule has 0 bridgehead atoms. The molecule has 1 aromatic rings. The number of hydrogen-bond donors (Lipinski definition) is 1. The fourth-order valence-corrected chi connectivity index (χ4v) is 2.47. The number of nitrogens with zero attached hydrogens (tertiary/aromatic N) is 1. The Kier molecular flexibility index (Phi) is 5.23. The number of hydrogen-bond acceptors (Lipinski definition) is 3. The van der Waals surface area contributed by atoms with E-state index in [1.165, 1.54) is 12.8 Å². The lowest BCUT2D eigenvalue weighted by Crippen LogP contribution is -2.23. The van der Waals surface area contributed by atoms with Gasteiger partial charge < -0.3 is 0 Å². The zero-order chi connectivity index (χ0) is 13.7. The van der Waals surface area contributed by atoms with Crippen molar-refractivity contribution in [3.8, 4) is 0 Å². The molecule has 2 unspecified atom stereocenters. The Morgan fingerprint density at radius 3 is 2.95 bits per heavy atom. The fourth-order valence-electron chi connectivity index (χ4n) is 2.28. The summed E-state index contributed by atoms with van der Waals surface area (Å²) in [5, 5.41) is 0.712. The van der Waals surface area contributed by atoms with Gasteiger partial charge in [-0.15, -0.1) is 0 Å². The first kappa shape index (κ1) is 14.4. The Balaban J connectivity index is 2.07. The van der Waals surface area contributed by atoms with Gasteiger partial charge in [0.15, 0.2) is 12.1 Å². The molecule has 0 saturated heterocycles. The van der Waals surface area contributed by atoms with E-state index in [2.05, 4.69) is 24.3 Å². The van der Waals surface area contributed by atoms with E-state index in [1.807, 2.05) is 24.3 Å². The molecule has 19 heavy (non-hydrogen) atoms. The van der Waals surface area contributed by atoms with Gasteiger partial charge in [-0.1, -0.05) is 50.4 Å². The van der Waals surface area contributed by atoms with E-state index in [9.17, 15) is 0 Å². The highest BCUT2D eigenvalue weighted by Gasteiger charge is 2.26. The lowest BCUT2D eigenvalue weighted by atomic mass is 9.98. The van der Waals surface area contributed by atoms with Gasteiger partial charge in [0.2, 0.25) is 0 Å². The molecular formula is C15H21ClN2O. The van der Waals surface area contributed by atoms with Crippen LogP contribution < -0.4 is 5.48 Å². The number of aliphatic imine (C=N–C) groups is 1. The van der Waals surface area contributed by atoms with E-state index in [1.54, 1.807) is 0 Å². The molecule has 0 fully saturated rings. The number of nitrogens with one attached hydrogen (secondary N) is 1. The number of rotatable bonds is 6. The molecule has 1 aliphatic rings. The standard InChI is InChI=1S/C15H21ClN2O/c1-3-5-7-11(4-2)15-17-14(18-19-15)12-8-6-9-13(16)10-12/h6,8-11,15H,3-5,7H2,1-2H3,(H,17,18). The molecule has 104 valence electrons. The molecule has 1 N–H and O–H groups in total. The Morgan fingerprint density at radius 1 is 1.42 bits per heavy atom. The highest BCUT2D eigenvalue weighted by atomic mass is 35.5. The van der Waals surface area contributed by atoms with E-state index in [0.717, 1.165) is 24.2 Å². The molecule has 0 amide bonds. The van der Waals surface area contributed by atoms with Gasteiger partial charge in [0.25, 0.3) is 0 Å². The van der Waals surface area contributed by atoms with Crippen molar-refractivity contribution in [3.63, 3.8) is 0 Å². The summed E-state index contributed by atoms with van der Waals surface area (Å²) >= 11 is 5.99. The van der Waals surface area contributed by atoms with Gasteiger partial charge in [0.05, 0.1) is 0 Å². The Hall–Kier alpha value is -1.06. The van der Waals surface area contributed by atoms with Gasteiger partial charge in [0, 0.05) is 16.5 Å². The van der Waals surface area contributed by atoms with Crippen molar-refractivity contribution in [1.29, 1.82) is 0 Å². The summed E-state index contributed by atoms with van der Waals surface area (Å²) in [4.78, 5) is 10.3. The Labute approximate surface area is 120 Å². The van der Waals surface area contributed by atoms with Crippen LogP contribution in [0, 0.1) is 5.92 Å². The van der Waals surface area contributed by atoms with Crippen LogP contribution in [0.25, 0.3) is 0 Å². The van der Waals surface area contributed by atoms with Gasteiger partial charge >= 0.3 is 0 Å². The molecule has 0 spiro atoms. The van der Waals surface area contributed by atoms with E-state index >= 15 is 0 Å². The summed E-state index contributed by atoms with van der Waals surface area (Å²) in [7, 11) is 0. The second-order valence-corrected chi connectivity index (χ2v) is 5.35. The van der Waals surface area contributed by atoms with Crippen LogP contribution in [0.4, 0.5) is 0 Å². The third-order valence-corrected chi connectivity index (χ3v) is 3.72. The smallest absolute Gasteiger partial charge is 0.180 e. The summed E-state index contributed by atoms with van der Waals surface area (Å²) < 4.78 is 0. The first-order valence-corrected chi connectivity index (χ1v) is 7.37. The number of unbranched alkanes of at least 4 members (excludes halogenated alkanes) is 1. The number of benzene rings is 1. The molecular weight excluding hydrogens is 260 g/mol.